The molecule has 1 aliphatic carbocycles. The third kappa shape index (κ3) is 5.54. The van der Waals surface area contributed by atoms with Gasteiger partial charge in [-0.1, -0.05) is 6.07 Å². The van der Waals surface area contributed by atoms with Crippen LogP contribution >= 0.6 is 0 Å². The molecule has 2 rings (SSSR count). The van der Waals surface area contributed by atoms with E-state index in [1.165, 1.54) is 10.5 Å². The highest BCUT2D eigenvalue weighted by Crippen LogP contribution is 2.23. The molecule has 1 aromatic rings. The zero-order valence-corrected chi connectivity index (χ0v) is 15.4. The summed E-state index contributed by atoms with van der Waals surface area (Å²) in [5, 5.41) is 0. The molecular weight excluding hydrogens is 344 g/mol. The number of nitrogens with one attached hydrogen (secondary N) is 1. The van der Waals surface area contributed by atoms with Crippen molar-refractivity contribution >= 4 is 21.9 Å². The summed E-state index contributed by atoms with van der Waals surface area (Å²) in [6.07, 6.45) is 3.95. The van der Waals surface area contributed by atoms with Gasteiger partial charge in [-0.25, -0.2) is 13.1 Å². The minimum absolute atomic E-state index is 0.0750. The molecule has 0 aromatic heterocycles. The van der Waals surface area contributed by atoms with Crippen LogP contribution in [0.5, 0.6) is 0 Å². The van der Waals surface area contributed by atoms with E-state index in [0.29, 0.717) is 0 Å². The maximum absolute atomic E-state index is 12.3. The highest BCUT2D eigenvalue weighted by molar-refractivity contribution is 7.89. The first-order valence-corrected chi connectivity index (χ1v) is 9.75. The van der Waals surface area contributed by atoms with E-state index in [4.69, 9.17) is 4.74 Å². The van der Waals surface area contributed by atoms with Gasteiger partial charge >= 0.3 is 5.97 Å². The summed E-state index contributed by atoms with van der Waals surface area (Å²) < 4.78 is 31.9. The lowest BCUT2D eigenvalue weighted by Gasteiger charge is -2.16. The number of nitrogens with zero attached hydrogens (tertiary/aromatic N) is 1. The van der Waals surface area contributed by atoms with Crippen molar-refractivity contribution in [3.8, 4) is 0 Å². The number of carbonyl (C=O) groups is 2. The smallest absolute Gasteiger partial charge is 0.307 e. The molecule has 1 aliphatic rings. The van der Waals surface area contributed by atoms with E-state index in [9.17, 15) is 18.0 Å². The average molecular weight is 368 g/mol. The molecule has 0 unspecified atom stereocenters. The highest BCUT2D eigenvalue weighted by atomic mass is 32.2. The molecular formula is C17H24N2O5S. The Morgan fingerprint density at radius 1 is 1.16 bits per heavy atom. The maximum Gasteiger partial charge on any atom is 0.307 e. The first kappa shape index (κ1) is 19.4. The Morgan fingerprint density at radius 2 is 1.84 bits per heavy atom. The van der Waals surface area contributed by atoms with Gasteiger partial charge in [-0.3, -0.25) is 9.59 Å². The van der Waals surface area contributed by atoms with Crippen molar-refractivity contribution in [2.24, 2.45) is 0 Å². The van der Waals surface area contributed by atoms with Crippen molar-refractivity contribution in [1.82, 2.24) is 9.62 Å². The fraction of sp³-hybridized carbons (Fsp3) is 0.529. The van der Waals surface area contributed by atoms with Crippen molar-refractivity contribution in [1.29, 1.82) is 0 Å². The van der Waals surface area contributed by atoms with Crippen molar-refractivity contribution in [2.45, 2.75) is 37.0 Å². The van der Waals surface area contributed by atoms with Gasteiger partial charge in [-0.15, -0.1) is 0 Å². The maximum atomic E-state index is 12.3. The van der Waals surface area contributed by atoms with Crippen LogP contribution in [0.3, 0.4) is 0 Å². The number of benzene rings is 1. The molecule has 0 heterocycles. The number of aryl methyl sites for hydroxylation is 2. The Kier molecular flexibility index (Phi) is 6.55. The Morgan fingerprint density at radius 3 is 2.52 bits per heavy atom. The minimum Gasteiger partial charge on any atom is -0.456 e. The van der Waals surface area contributed by atoms with Crippen LogP contribution in [0, 0.1) is 0 Å². The second-order valence-corrected chi connectivity index (χ2v) is 8.00. The van der Waals surface area contributed by atoms with E-state index in [1.54, 1.807) is 26.2 Å². The van der Waals surface area contributed by atoms with Gasteiger partial charge in [0.25, 0.3) is 5.91 Å². The predicted molar refractivity (Wildman–Crippen MR) is 92.5 cm³/mol. The summed E-state index contributed by atoms with van der Waals surface area (Å²) in [5.41, 5.74) is 2.29. The minimum atomic E-state index is -3.67. The number of hydrogen-bond acceptors (Lipinski definition) is 5. The van der Waals surface area contributed by atoms with Gasteiger partial charge < -0.3 is 9.64 Å². The van der Waals surface area contributed by atoms with Crippen molar-refractivity contribution in [3.05, 3.63) is 29.3 Å². The molecule has 0 saturated carbocycles. The highest BCUT2D eigenvalue weighted by Gasteiger charge is 2.18. The number of hydrogen-bond donors (Lipinski definition) is 1. The second-order valence-electron chi connectivity index (χ2n) is 6.23. The fourth-order valence-electron chi connectivity index (χ4n) is 2.59. The quantitative estimate of drug-likeness (QED) is 0.721. The molecule has 0 saturated heterocycles. The molecule has 1 aromatic carbocycles. The van der Waals surface area contributed by atoms with E-state index < -0.39 is 16.0 Å². The SMILES string of the molecule is CN(C)C(=O)COC(=O)CCNS(=O)(=O)c1ccc2c(c1)CCCC2. The molecule has 0 atom stereocenters. The van der Waals surface area contributed by atoms with Crippen LogP contribution < -0.4 is 4.72 Å². The van der Waals surface area contributed by atoms with E-state index in [0.717, 1.165) is 31.2 Å². The first-order chi connectivity index (χ1) is 11.8. The van der Waals surface area contributed by atoms with Crippen LogP contribution in [-0.4, -0.2) is 52.4 Å². The van der Waals surface area contributed by atoms with Gasteiger partial charge in [0.1, 0.15) is 0 Å². The molecule has 25 heavy (non-hydrogen) atoms. The molecule has 1 amide bonds. The summed E-state index contributed by atoms with van der Waals surface area (Å²) in [6.45, 7) is -0.419. The topological polar surface area (TPSA) is 92.8 Å². The fourth-order valence-corrected chi connectivity index (χ4v) is 3.67. The molecule has 0 spiro atoms. The molecule has 8 heteroatoms. The average Bonchev–Trinajstić information content (AvgIpc) is 2.58. The van der Waals surface area contributed by atoms with E-state index >= 15 is 0 Å². The summed E-state index contributed by atoms with van der Waals surface area (Å²) >= 11 is 0. The summed E-state index contributed by atoms with van der Waals surface area (Å²) in [5.74, 6) is -0.952. The Labute approximate surface area is 148 Å². The van der Waals surface area contributed by atoms with E-state index in [1.807, 2.05) is 6.07 Å². The lowest BCUT2D eigenvalue weighted by molar-refractivity contribution is -0.150. The monoisotopic (exact) mass is 368 g/mol. The van der Waals surface area contributed by atoms with E-state index in [2.05, 4.69) is 4.72 Å². The lowest BCUT2D eigenvalue weighted by atomic mass is 9.92. The van der Waals surface area contributed by atoms with Crippen molar-refractivity contribution in [3.63, 3.8) is 0 Å². The van der Waals surface area contributed by atoms with Gasteiger partial charge in [0.2, 0.25) is 10.0 Å². The number of sulfonamides is 1. The standard InChI is InChI=1S/C17H24N2O5S/c1-19(2)16(20)12-24-17(21)9-10-18-25(22,23)15-8-7-13-5-3-4-6-14(13)11-15/h7-8,11,18H,3-6,9-10,12H2,1-2H3. The second kappa shape index (κ2) is 8.44. The molecule has 7 nitrogen and oxygen atoms in total. The number of ether oxygens (including phenoxy) is 1. The van der Waals surface area contributed by atoms with Gasteiger partial charge in [0, 0.05) is 20.6 Å². The Hall–Kier alpha value is -1.93. The summed E-state index contributed by atoms with van der Waals surface area (Å²) in [6, 6.07) is 5.18. The Bertz CT molecular complexity index is 743. The number of likely N-dealkylation sites (N-methyl/N-ethyl adjacent to an activating group) is 1. The van der Waals surface area contributed by atoms with Crippen molar-refractivity contribution in [2.75, 3.05) is 27.2 Å². The van der Waals surface area contributed by atoms with E-state index in [-0.39, 0.29) is 30.4 Å². The predicted octanol–water partition coefficient (Wildman–Crippen LogP) is 0.865. The number of esters is 1. The van der Waals surface area contributed by atoms with Crippen LogP contribution in [-0.2, 0) is 37.2 Å². The number of rotatable bonds is 7. The molecule has 0 aliphatic heterocycles. The largest absolute Gasteiger partial charge is 0.456 e. The number of carbonyl (C=O) groups excluding carboxylic acids is 2. The third-order valence-electron chi connectivity index (χ3n) is 4.11. The molecule has 1 N–H and O–H groups in total. The molecule has 0 bridgehead atoms. The van der Waals surface area contributed by atoms with Crippen molar-refractivity contribution < 1.29 is 22.7 Å². The molecule has 138 valence electrons. The normalized spacial score (nSPS) is 13.8. The summed E-state index contributed by atoms with van der Waals surface area (Å²) in [7, 11) is -0.550. The van der Waals surface area contributed by atoms with Crippen LogP contribution in [0.2, 0.25) is 0 Å². The van der Waals surface area contributed by atoms with Crippen LogP contribution in [0.15, 0.2) is 23.1 Å². The van der Waals surface area contributed by atoms with Crippen LogP contribution in [0.25, 0.3) is 0 Å². The van der Waals surface area contributed by atoms with Gasteiger partial charge in [0.15, 0.2) is 6.61 Å². The molecule has 0 radical (unpaired) electrons. The van der Waals surface area contributed by atoms with Gasteiger partial charge in [0.05, 0.1) is 11.3 Å². The van der Waals surface area contributed by atoms with Crippen LogP contribution in [0.4, 0.5) is 0 Å². The lowest BCUT2D eigenvalue weighted by Crippen LogP contribution is -2.30. The number of amides is 1. The third-order valence-corrected chi connectivity index (χ3v) is 5.57. The first-order valence-electron chi connectivity index (χ1n) is 8.27. The van der Waals surface area contributed by atoms with Crippen LogP contribution in [0.1, 0.15) is 30.4 Å². The van der Waals surface area contributed by atoms with Gasteiger partial charge in [-0.2, -0.15) is 0 Å². The zero-order valence-electron chi connectivity index (χ0n) is 14.6. The summed E-state index contributed by atoms with van der Waals surface area (Å²) in [4.78, 5) is 24.4. The Balaban J connectivity index is 1.85. The van der Waals surface area contributed by atoms with Gasteiger partial charge in [-0.05, 0) is 48.9 Å². The molecule has 0 fully saturated rings. The zero-order chi connectivity index (χ0) is 18.4. The number of fused-ring (bicyclic) bond motifs is 1.